The van der Waals surface area contributed by atoms with Crippen LogP contribution in [-0.4, -0.2) is 22.2 Å². The Morgan fingerprint density at radius 1 is 1.77 bits per heavy atom. The molecule has 0 aromatic carbocycles. The number of carbonyl (C=O) groups is 1. The van der Waals surface area contributed by atoms with Gasteiger partial charge in [0.25, 0.3) is 0 Å². The second-order valence-corrected chi connectivity index (χ2v) is 4.03. The van der Waals surface area contributed by atoms with E-state index in [0.29, 0.717) is 6.42 Å². The van der Waals surface area contributed by atoms with Crippen LogP contribution < -0.4 is 5.32 Å². The minimum Gasteiger partial charge on any atom is -0.355 e. The Kier molecular flexibility index (Phi) is 2.11. The van der Waals surface area contributed by atoms with Gasteiger partial charge in [0, 0.05) is 31.6 Å². The average Bonchev–Trinajstić information content (AvgIpc) is 2.58. The molecule has 1 N–H and O–H groups in total. The summed E-state index contributed by atoms with van der Waals surface area (Å²) in [4.78, 5) is 11.0. The lowest BCUT2D eigenvalue weighted by molar-refractivity contribution is -0.119. The molecule has 0 aliphatic carbocycles. The third-order valence-corrected chi connectivity index (χ3v) is 2.67. The maximum Gasteiger partial charge on any atom is 0.220 e. The van der Waals surface area contributed by atoms with Gasteiger partial charge in [0.05, 0.1) is 0 Å². The van der Waals surface area contributed by atoms with Gasteiger partial charge in [0.1, 0.15) is 4.60 Å². The molecular weight excluding hydrogens is 234 g/mol. The highest BCUT2D eigenvalue weighted by Gasteiger charge is 2.25. The summed E-state index contributed by atoms with van der Waals surface area (Å²) < 4.78 is 2.64. The number of carbonyl (C=O) groups excluding carboxylic acids is 1. The highest BCUT2D eigenvalue weighted by molar-refractivity contribution is 9.10. The topological polar surface area (TPSA) is 46.9 Å². The zero-order chi connectivity index (χ0) is 9.42. The van der Waals surface area contributed by atoms with Crippen LogP contribution in [0.15, 0.2) is 10.7 Å². The van der Waals surface area contributed by atoms with E-state index in [4.69, 9.17) is 0 Å². The van der Waals surface area contributed by atoms with E-state index in [1.807, 2.05) is 17.8 Å². The monoisotopic (exact) mass is 243 g/mol. The van der Waals surface area contributed by atoms with Crippen LogP contribution in [-0.2, 0) is 11.8 Å². The molecule has 0 saturated carbocycles. The molecule has 1 amide bonds. The number of aromatic nitrogens is 2. The molecule has 0 spiro atoms. The fourth-order valence-electron chi connectivity index (χ4n) is 1.64. The first-order chi connectivity index (χ1) is 6.16. The van der Waals surface area contributed by atoms with Crippen molar-refractivity contribution < 1.29 is 4.79 Å². The molecule has 13 heavy (non-hydrogen) atoms. The first-order valence-electron chi connectivity index (χ1n) is 4.13. The number of hydrogen-bond donors (Lipinski definition) is 1. The molecule has 1 aromatic rings. The van der Waals surface area contributed by atoms with Crippen LogP contribution in [0.3, 0.4) is 0 Å². The Labute approximate surface area is 84.4 Å². The summed E-state index contributed by atoms with van der Waals surface area (Å²) in [7, 11) is 1.89. The van der Waals surface area contributed by atoms with E-state index in [0.717, 1.165) is 16.8 Å². The molecule has 5 heteroatoms. The molecule has 1 aliphatic rings. The van der Waals surface area contributed by atoms with Gasteiger partial charge < -0.3 is 5.32 Å². The Bertz CT molecular complexity index is 347. The number of halogens is 1. The van der Waals surface area contributed by atoms with Gasteiger partial charge in [-0.15, -0.1) is 0 Å². The molecule has 1 aromatic heterocycles. The van der Waals surface area contributed by atoms with E-state index in [1.165, 1.54) is 0 Å². The third kappa shape index (κ3) is 1.60. The predicted molar refractivity (Wildman–Crippen MR) is 51.3 cm³/mol. The van der Waals surface area contributed by atoms with Crippen molar-refractivity contribution in [2.24, 2.45) is 7.05 Å². The first-order valence-corrected chi connectivity index (χ1v) is 4.92. The summed E-state index contributed by atoms with van der Waals surface area (Å²) in [6.07, 6.45) is 0.575. The molecule has 1 unspecified atom stereocenters. The predicted octanol–water partition coefficient (Wildman–Crippen LogP) is 0.786. The zero-order valence-corrected chi connectivity index (χ0v) is 8.84. The van der Waals surface area contributed by atoms with Crippen molar-refractivity contribution >= 4 is 21.8 Å². The number of amides is 1. The number of rotatable bonds is 1. The molecule has 4 nitrogen and oxygen atoms in total. The standard InChI is InChI=1S/C8H10BrN3O/c1-12-6(3-7(9)11-12)5-2-8(13)10-4-5/h3,5H,2,4H2,1H3,(H,10,13). The van der Waals surface area contributed by atoms with Crippen LogP contribution in [0.25, 0.3) is 0 Å². The number of nitrogens with zero attached hydrogens (tertiary/aromatic N) is 2. The van der Waals surface area contributed by atoms with Crippen molar-refractivity contribution in [3.8, 4) is 0 Å². The SMILES string of the molecule is Cn1nc(Br)cc1C1CNC(=O)C1. The zero-order valence-electron chi connectivity index (χ0n) is 7.25. The van der Waals surface area contributed by atoms with Gasteiger partial charge in [-0.2, -0.15) is 5.10 Å². The summed E-state index contributed by atoms with van der Waals surface area (Å²) in [5, 5.41) is 6.98. The Balaban J connectivity index is 2.25. The van der Waals surface area contributed by atoms with Crippen molar-refractivity contribution in [2.75, 3.05) is 6.54 Å². The molecule has 70 valence electrons. The van der Waals surface area contributed by atoms with E-state index in [2.05, 4.69) is 26.3 Å². The second-order valence-electron chi connectivity index (χ2n) is 3.22. The molecule has 2 heterocycles. The normalized spacial score (nSPS) is 22.0. The van der Waals surface area contributed by atoms with E-state index >= 15 is 0 Å². The molecule has 0 bridgehead atoms. The highest BCUT2D eigenvalue weighted by Crippen LogP contribution is 2.24. The minimum absolute atomic E-state index is 0.127. The summed E-state index contributed by atoms with van der Waals surface area (Å²) in [5.74, 6) is 0.402. The molecule has 0 radical (unpaired) electrons. The van der Waals surface area contributed by atoms with Crippen molar-refractivity contribution in [2.45, 2.75) is 12.3 Å². The first kappa shape index (κ1) is 8.74. The van der Waals surface area contributed by atoms with Crippen LogP contribution in [0.1, 0.15) is 18.0 Å². The fourth-order valence-corrected chi connectivity index (χ4v) is 2.11. The largest absolute Gasteiger partial charge is 0.355 e. The number of aryl methyl sites for hydroxylation is 1. The van der Waals surface area contributed by atoms with Crippen LogP contribution in [0.5, 0.6) is 0 Å². The summed E-state index contributed by atoms with van der Waals surface area (Å²) in [6.45, 7) is 0.727. The number of hydrogen-bond acceptors (Lipinski definition) is 2. The molecular formula is C8H10BrN3O. The Morgan fingerprint density at radius 3 is 3.00 bits per heavy atom. The van der Waals surface area contributed by atoms with Crippen LogP contribution in [0, 0.1) is 0 Å². The molecule has 2 rings (SSSR count). The maximum absolute atomic E-state index is 11.0. The summed E-state index contributed by atoms with van der Waals surface area (Å²) in [6, 6.07) is 1.96. The average molecular weight is 244 g/mol. The lowest BCUT2D eigenvalue weighted by atomic mass is 10.1. The van der Waals surface area contributed by atoms with Gasteiger partial charge >= 0.3 is 0 Å². The highest BCUT2D eigenvalue weighted by atomic mass is 79.9. The van der Waals surface area contributed by atoms with Crippen molar-refractivity contribution in [3.63, 3.8) is 0 Å². The van der Waals surface area contributed by atoms with E-state index < -0.39 is 0 Å². The van der Waals surface area contributed by atoms with E-state index in [9.17, 15) is 4.79 Å². The van der Waals surface area contributed by atoms with Gasteiger partial charge in [-0.3, -0.25) is 9.48 Å². The van der Waals surface area contributed by atoms with E-state index in [1.54, 1.807) is 0 Å². The maximum atomic E-state index is 11.0. The van der Waals surface area contributed by atoms with Crippen LogP contribution >= 0.6 is 15.9 Å². The Hall–Kier alpha value is -0.840. The lowest BCUT2D eigenvalue weighted by Gasteiger charge is -2.06. The molecule has 1 atom stereocenters. The fraction of sp³-hybridized carbons (Fsp3) is 0.500. The van der Waals surface area contributed by atoms with Crippen molar-refractivity contribution in [1.29, 1.82) is 0 Å². The van der Waals surface area contributed by atoms with Gasteiger partial charge in [-0.25, -0.2) is 0 Å². The van der Waals surface area contributed by atoms with E-state index in [-0.39, 0.29) is 11.8 Å². The van der Waals surface area contributed by atoms with Crippen molar-refractivity contribution in [1.82, 2.24) is 15.1 Å². The van der Waals surface area contributed by atoms with Gasteiger partial charge in [0.2, 0.25) is 5.91 Å². The molecule has 1 saturated heterocycles. The minimum atomic E-state index is 0.127. The van der Waals surface area contributed by atoms with Crippen molar-refractivity contribution in [3.05, 3.63) is 16.4 Å². The van der Waals surface area contributed by atoms with Crippen LogP contribution in [0.2, 0.25) is 0 Å². The summed E-state index contributed by atoms with van der Waals surface area (Å²) >= 11 is 3.31. The smallest absolute Gasteiger partial charge is 0.220 e. The Morgan fingerprint density at radius 2 is 2.54 bits per heavy atom. The molecule has 1 fully saturated rings. The quantitative estimate of drug-likeness (QED) is 0.793. The summed E-state index contributed by atoms with van der Waals surface area (Å²) in [5.41, 5.74) is 1.10. The van der Waals surface area contributed by atoms with Gasteiger partial charge in [0.15, 0.2) is 0 Å². The van der Waals surface area contributed by atoms with Gasteiger partial charge in [-0.1, -0.05) is 0 Å². The van der Waals surface area contributed by atoms with Crippen LogP contribution in [0.4, 0.5) is 0 Å². The molecule has 1 aliphatic heterocycles. The lowest BCUT2D eigenvalue weighted by Crippen LogP contribution is -2.14. The number of nitrogens with one attached hydrogen (secondary N) is 1. The third-order valence-electron chi connectivity index (χ3n) is 2.28. The second kappa shape index (κ2) is 3.14. The van der Waals surface area contributed by atoms with Gasteiger partial charge in [-0.05, 0) is 22.0 Å².